The van der Waals surface area contributed by atoms with Crippen LogP contribution in [0.1, 0.15) is 26.7 Å². The van der Waals surface area contributed by atoms with Crippen molar-refractivity contribution in [2.45, 2.75) is 38.8 Å². The van der Waals surface area contributed by atoms with Gasteiger partial charge in [0.1, 0.15) is 17.8 Å². The molecule has 0 radical (unpaired) electrons. The molecule has 3 aromatic rings. The van der Waals surface area contributed by atoms with Gasteiger partial charge in [0.15, 0.2) is 0 Å². The van der Waals surface area contributed by atoms with Crippen molar-refractivity contribution in [3.8, 4) is 0 Å². The molecule has 1 atom stereocenters. The number of carbonyl (C=O) groups is 1. The van der Waals surface area contributed by atoms with Crippen LogP contribution in [0.25, 0.3) is 11.0 Å². The van der Waals surface area contributed by atoms with Gasteiger partial charge >= 0.3 is 0 Å². The number of aromatic nitrogens is 3. The Balaban J connectivity index is 1.47. The molecule has 1 aliphatic heterocycles. The first-order chi connectivity index (χ1) is 14.9. The number of likely N-dealkylation sites (tertiary alicyclic amines) is 1. The minimum Gasteiger partial charge on any atom is -0.376 e. The minimum absolute atomic E-state index is 0.0546. The van der Waals surface area contributed by atoms with E-state index in [0.717, 1.165) is 41.9 Å². The number of benzene rings is 1. The predicted octanol–water partition coefficient (Wildman–Crippen LogP) is 4.58. The first kappa shape index (κ1) is 21.7. The molecular weight excluding hydrogens is 435 g/mol. The summed E-state index contributed by atoms with van der Waals surface area (Å²) in [6.07, 6.45) is 5.43. The lowest BCUT2D eigenvalue weighted by atomic mass is 10.0. The fourth-order valence-electron chi connectivity index (χ4n) is 4.26. The van der Waals surface area contributed by atoms with Gasteiger partial charge in [0.25, 0.3) is 0 Å². The van der Waals surface area contributed by atoms with Crippen LogP contribution in [0.15, 0.2) is 36.8 Å². The molecule has 3 heterocycles. The Labute approximate surface area is 191 Å². The van der Waals surface area contributed by atoms with Crippen molar-refractivity contribution in [1.82, 2.24) is 19.9 Å². The van der Waals surface area contributed by atoms with Crippen LogP contribution in [-0.4, -0.2) is 57.5 Å². The smallest absolute Gasteiger partial charge is 0.241 e. The number of anilines is 2. The van der Waals surface area contributed by atoms with Gasteiger partial charge in [-0.3, -0.25) is 4.79 Å². The second-order valence-corrected chi connectivity index (χ2v) is 8.96. The molecule has 2 aromatic heterocycles. The average molecular weight is 461 g/mol. The van der Waals surface area contributed by atoms with E-state index in [4.69, 9.17) is 23.2 Å². The highest BCUT2D eigenvalue weighted by molar-refractivity contribution is 6.35. The topological polar surface area (TPSA) is 77.2 Å². The average Bonchev–Trinajstić information content (AvgIpc) is 3.21. The van der Waals surface area contributed by atoms with Crippen LogP contribution >= 0.6 is 23.2 Å². The second-order valence-electron chi connectivity index (χ2n) is 8.09. The van der Waals surface area contributed by atoms with Crippen LogP contribution in [0, 0.1) is 0 Å². The number of nitrogens with zero attached hydrogens (tertiary/aromatic N) is 4. The second kappa shape index (κ2) is 9.32. The number of aromatic amines is 1. The van der Waals surface area contributed by atoms with Crippen molar-refractivity contribution >= 4 is 51.6 Å². The van der Waals surface area contributed by atoms with Crippen LogP contribution in [0.5, 0.6) is 0 Å². The molecule has 0 aliphatic carbocycles. The summed E-state index contributed by atoms with van der Waals surface area (Å²) >= 11 is 12.1. The lowest BCUT2D eigenvalue weighted by Crippen LogP contribution is -2.53. The number of hydrogen-bond acceptors (Lipinski definition) is 5. The van der Waals surface area contributed by atoms with E-state index < -0.39 is 0 Å². The number of piperidine rings is 1. The van der Waals surface area contributed by atoms with E-state index in [2.05, 4.69) is 39.0 Å². The molecule has 164 valence electrons. The Hall–Kier alpha value is -2.51. The van der Waals surface area contributed by atoms with Crippen molar-refractivity contribution in [2.24, 2.45) is 0 Å². The van der Waals surface area contributed by atoms with E-state index in [-0.39, 0.29) is 24.5 Å². The van der Waals surface area contributed by atoms with Crippen molar-refractivity contribution in [2.75, 3.05) is 29.9 Å². The van der Waals surface area contributed by atoms with E-state index in [1.165, 1.54) is 0 Å². The minimum atomic E-state index is 0.0546. The fraction of sp³-hybridized carbons (Fsp3) is 0.409. The maximum absolute atomic E-state index is 12.9. The number of amides is 1. The summed E-state index contributed by atoms with van der Waals surface area (Å²) in [7, 11) is 0. The Morgan fingerprint density at radius 1 is 1.29 bits per heavy atom. The normalized spacial score (nSPS) is 16.7. The van der Waals surface area contributed by atoms with Crippen LogP contribution in [0.2, 0.25) is 10.0 Å². The summed E-state index contributed by atoms with van der Waals surface area (Å²) < 4.78 is 0. The molecule has 31 heavy (non-hydrogen) atoms. The Kier molecular flexibility index (Phi) is 6.53. The molecule has 9 heteroatoms. The fourth-order valence-corrected chi connectivity index (χ4v) is 4.78. The number of H-pyrrole nitrogens is 1. The maximum atomic E-state index is 12.9. The zero-order valence-electron chi connectivity index (χ0n) is 17.6. The molecular formula is C22H26Cl2N6O. The van der Waals surface area contributed by atoms with Crippen LogP contribution in [0.4, 0.5) is 11.5 Å². The third kappa shape index (κ3) is 4.88. The molecule has 0 bridgehead atoms. The highest BCUT2D eigenvalue weighted by Crippen LogP contribution is 2.29. The SMILES string of the molecule is CC(C)N(c1ncnc2[nH]ccc12)C1CCCN(C(=O)CNc2cc(Cl)cc(Cl)c2)C1. The molecule has 2 N–H and O–H groups in total. The highest BCUT2D eigenvalue weighted by atomic mass is 35.5. The molecule has 1 unspecified atom stereocenters. The van der Waals surface area contributed by atoms with Gasteiger partial charge < -0.3 is 20.1 Å². The molecule has 0 spiro atoms. The van der Waals surface area contributed by atoms with Crippen LogP contribution in [0.3, 0.4) is 0 Å². The lowest BCUT2D eigenvalue weighted by Gasteiger charge is -2.42. The molecule has 1 amide bonds. The summed E-state index contributed by atoms with van der Waals surface area (Å²) in [6, 6.07) is 7.62. The standard InChI is InChI=1S/C22H26Cl2N6O/c1-14(2)30(22-19-5-6-25-21(19)27-13-28-22)18-4-3-7-29(12-18)20(31)11-26-17-9-15(23)8-16(24)10-17/h5-6,8-10,13-14,18,26H,3-4,7,11-12H2,1-2H3,(H,25,27,28). The number of hydrogen-bond donors (Lipinski definition) is 2. The van der Waals surface area contributed by atoms with Crippen LogP contribution in [-0.2, 0) is 4.79 Å². The summed E-state index contributed by atoms with van der Waals surface area (Å²) in [6.45, 7) is 5.92. The maximum Gasteiger partial charge on any atom is 0.241 e. The van der Waals surface area contributed by atoms with Crippen LogP contribution < -0.4 is 10.2 Å². The summed E-state index contributed by atoms with van der Waals surface area (Å²) in [4.78, 5) is 29.2. The quantitative estimate of drug-likeness (QED) is 0.562. The van der Waals surface area contributed by atoms with Gasteiger partial charge in [-0.25, -0.2) is 9.97 Å². The number of nitrogens with one attached hydrogen (secondary N) is 2. The van der Waals surface area contributed by atoms with E-state index >= 15 is 0 Å². The summed E-state index contributed by atoms with van der Waals surface area (Å²) in [5.74, 6) is 0.964. The van der Waals surface area contributed by atoms with Gasteiger partial charge in [-0.15, -0.1) is 0 Å². The zero-order valence-corrected chi connectivity index (χ0v) is 19.1. The molecule has 1 fully saturated rings. The zero-order chi connectivity index (χ0) is 22.0. The Morgan fingerprint density at radius 2 is 2.06 bits per heavy atom. The van der Waals surface area contributed by atoms with Gasteiger partial charge in [-0.2, -0.15) is 0 Å². The van der Waals surface area contributed by atoms with E-state index in [1.807, 2.05) is 17.2 Å². The van der Waals surface area contributed by atoms with Gasteiger partial charge in [0.2, 0.25) is 5.91 Å². The Morgan fingerprint density at radius 3 is 2.81 bits per heavy atom. The highest BCUT2D eigenvalue weighted by Gasteiger charge is 2.31. The number of carbonyl (C=O) groups excluding carboxylic acids is 1. The number of rotatable bonds is 6. The number of halogens is 2. The molecule has 1 saturated heterocycles. The summed E-state index contributed by atoms with van der Waals surface area (Å²) in [5.41, 5.74) is 1.56. The van der Waals surface area contributed by atoms with E-state index in [1.54, 1.807) is 24.5 Å². The van der Waals surface area contributed by atoms with Gasteiger partial charge in [0.05, 0.1) is 11.9 Å². The van der Waals surface area contributed by atoms with E-state index in [9.17, 15) is 4.79 Å². The third-order valence-electron chi connectivity index (χ3n) is 5.58. The lowest BCUT2D eigenvalue weighted by molar-refractivity contribution is -0.130. The van der Waals surface area contributed by atoms with Gasteiger partial charge in [-0.05, 0) is 51.0 Å². The molecule has 1 aliphatic rings. The third-order valence-corrected chi connectivity index (χ3v) is 6.02. The van der Waals surface area contributed by atoms with Crippen molar-refractivity contribution in [3.63, 3.8) is 0 Å². The van der Waals surface area contributed by atoms with Gasteiger partial charge in [-0.1, -0.05) is 23.2 Å². The Bertz CT molecular complexity index is 1050. The van der Waals surface area contributed by atoms with Crippen molar-refractivity contribution in [3.05, 3.63) is 46.8 Å². The molecule has 0 saturated carbocycles. The molecule has 7 nitrogen and oxygen atoms in total. The predicted molar refractivity (Wildman–Crippen MR) is 126 cm³/mol. The van der Waals surface area contributed by atoms with Crippen molar-refractivity contribution in [1.29, 1.82) is 0 Å². The molecule has 1 aromatic carbocycles. The first-order valence-electron chi connectivity index (χ1n) is 10.5. The van der Waals surface area contributed by atoms with E-state index in [0.29, 0.717) is 16.6 Å². The van der Waals surface area contributed by atoms with Crippen molar-refractivity contribution < 1.29 is 4.79 Å². The monoisotopic (exact) mass is 460 g/mol. The van der Waals surface area contributed by atoms with Gasteiger partial charge in [0, 0.05) is 47.1 Å². The number of fused-ring (bicyclic) bond motifs is 1. The largest absolute Gasteiger partial charge is 0.376 e. The first-order valence-corrected chi connectivity index (χ1v) is 11.2. The molecule has 4 rings (SSSR count). The summed E-state index contributed by atoms with van der Waals surface area (Å²) in [5, 5.41) is 5.22.